The smallest absolute Gasteiger partial charge is 0.339 e. The number of carbonyl (C=O) groups is 2. The number of pyridine rings is 2. The van der Waals surface area contributed by atoms with Gasteiger partial charge in [0.15, 0.2) is 6.61 Å². The van der Waals surface area contributed by atoms with Crippen LogP contribution >= 0.6 is 0 Å². The molecule has 0 atom stereocenters. The van der Waals surface area contributed by atoms with E-state index in [0.717, 1.165) is 5.56 Å². The molecule has 0 aliphatic heterocycles. The molecule has 37 heavy (non-hydrogen) atoms. The molecule has 0 unspecified atom stereocenters. The Labute approximate surface area is 212 Å². The molecule has 9 nitrogen and oxygen atoms in total. The number of hydrogen-bond acceptors (Lipinski definition) is 6. The standard InChI is InChI=1S/C28H23N5O4/c1-18-26(27(35)33(32(18)2)20-10-4-3-5-11-20)31-25(34)17-37-28(36)22-15-24(19-9-8-14-29-16-19)30-23-13-7-6-12-21(22)23/h3-16H,17H2,1-2H3,(H,31,34). The Morgan fingerprint density at radius 1 is 1.00 bits per heavy atom. The van der Waals surface area contributed by atoms with Gasteiger partial charge in [0.1, 0.15) is 5.69 Å². The average Bonchev–Trinajstić information content (AvgIpc) is 3.14. The summed E-state index contributed by atoms with van der Waals surface area (Å²) in [6, 6.07) is 21.5. The lowest BCUT2D eigenvalue weighted by Gasteiger charge is -2.10. The number of ether oxygens (including phenoxy) is 1. The Bertz CT molecular complexity index is 1670. The molecule has 0 aliphatic rings. The average molecular weight is 494 g/mol. The molecular weight excluding hydrogens is 470 g/mol. The van der Waals surface area contributed by atoms with Crippen LogP contribution in [-0.2, 0) is 16.6 Å². The minimum absolute atomic E-state index is 0.126. The minimum Gasteiger partial charge on any atom is -0.452 e. The highest BCUT2D eigenvalue weighted by molar-refractivity contribution is 6.05. The molecule has 3 aromatic heterocycles. The van der Waals surface area contributed by atoms with Crippen LogP contribution in [0.25, 0.3) is 27.8 Å². The van der Waals surface area contributed by atoms with Crippen molar-refractivity contribution in [2.24, 2.45) is 7.05 Å². The van der Waals surface area contributed by atoms with E-state index >= 15 is 0 Å². The number of nitrogens with one attached hydrogen (secondary N) is 1. The molecule has 0 aliphatic carbocycles. The summed E-state index contributed by atoms with van der Waals surface area (Å²) < 4.78 is 8.47. The van der Waals surface area contributed by atoms with Crippen molar-refractivity contribution >= 4 is 28.5 Å². The molecule has 2 aromatic carbocycles. The SMILES string of the molecule is Cc1c(NC(=O)COC(=O)c2cc(-c3cccnc3)nc3ccccc23)c(=O)n(-c2ccccc2)n1C. The number of benzene rings is 2. The van der Waals surface area contributed by atoms with Crippen molar-refractivity contribution in [1.29, 1.82) is 0 Å². The van der Waals surface area contributed by atoms with Crippen molar-refractivity contribution in [3.63, 3.8) is 0 Å². The van der Waals surface area contributed by atoms with Crippen LogP contribution in [0.4, 0.5) is 5.69 Å². The van der Waals surface area contributed by atoms with Gasteiger partial charge in [-0.25, -0.2) is 14.5 Å². The summed E-state index contributed by atoms with van der Waals surface area (Å²) >= 11 is 0. The predicted octanol–water partition coefficient (Wildman–Crippen LogP) is 3.89. The van der Waals surface area contributed by atoms with E-state index in [-0.39, 0.29) is 16.8 Å². The third-order valence-corrected chi connectivity index (χ3v) is 6.05. The Hall–Kier alpha value is -5.05. The monoisotopic (exact) mass is 493 g/mol. The summed E-state index contributed by atoms with van der Waals surface area (Å²) in [5.41, 5.74) is 3.17. The van der Waals surface area contributed by atoms with Crippen molar-refractivity contribution in [3.05, 3.63) is 107 Å². The van der Waals surface area contributed by atoms with Crippen molar-refractivity contribution in [2.45, 2.75) is 6.92 Å². The second-order valence-electron chi connectivity index (χ2n) is 8.37. The first-order valence-corrected chi connectivity index (χ1v) is 11.5. The molecule has 3 heterocycles. The van der Waals surface area contributed by atoms with E-state index in [1.165, 1.54) is 4.68 Å². The number of nitrogens with zero attached hydrogens (tertiary/aromatic N) is 4. The number of aromatic nitrogens is 4. The fourth-order valence-corrected chi connectivity index (χ4v) is 4.10. The third-order valence-electron chi connectivity index (χ3n) is 6.05. The second-order valence-corrected chi connectivity index (χ2v) is 8.37. The lowest BCUT2D eigenvalue weighted by atomic mass is 10.1. The van der Waals surface area contributed by atoms with E-state index in [1.807, 2.05) is 30.3 Å². The topological polar surface area (TPSA) is 108 Å². The van der Waals surface area contributed by atoms with Crippen LogP contribution in [0.5, 0.6) is 0 Å². The number of para-hydroxylation sites is 2. The minimum atomic E-state index is -0.676. The summed E-state index contributed by atoms with van der Waals surface area (Å²) in [5.74, 6) is -1.30. The number of rotatable bonds is 6. The zero-order valence-corrected chi connectivity index (χ0v) is 20.2. The van der Waals surface area contributed by atoms with Gasteiger partial charge in [-0.2, -0.15) is 0 Å². The fraction of sp³-hybridized carbons (Fsp3) is 0.107. The fourth-order valence-electron chi connectivity index (χ4n) is 4.10. The van der Waals surface area contributed by atoms with Crippen molar-refractivity contribution in [1.82, 2.24) is 19.3 Å². The largest absolute Gasteiger partial charge is 0.452 e. The molecule has 0 radical (unpaired) electrons. The van der Waals surface area contributed by atoms with E-state index in [9.17, 15) is 14.4 Å². The van der Waals surface area contributed by atoms with Crippen molar-refractivity contribution in [2.75, 3.05) is 11.9 Å². The molecule has 9 heteroatoms. The Morgan fingerprint density at radius 3 is 2.51 bits per heavy atom. The van der Waals surface area contributed by atoms with E-state index in [0.29, 0.717) is 28.0 Å². The van der Waals surface area contributed by atoms with Gasteiger partial charge in [0, 0.05) is 30.4 Å². The number of amides is 1. The van der Waals surface area contributed by atoms with Gasteiger partial charge in [-0.15, -0.1) is 0 Å². The lowest BCUT2D eigenvalue weighted by Crippen LogP contribution is -2.26. The predicted molar refractivity (Wildman–Crippen MR) is 140 cm³/mol. The van der Waals surface area contributed by atoms with Gasteiger partial charge in [0.25, 0.3) is 11.5 Å². The quantitative estimate of drug-likeness (QED) is 0.360. The van der Waals surface area contributed by atoms with E-state index in [2.05, 4.69) is 15.3 Å². The Balaban J connectivity index is 1.37. The van der Waals surface area contributed by atoms with Crippen LogP contribution in [0.15, 0.2) is 90.0 Å². The van der Waals surface area contributed by atoms with Gasteiger partial charge in [0.2, 0.25) is 0 Å². The highest BCUT2D eigenvalue weighted by Crippen LogP contribution is 2.25. The van der Waals surface area contributed by atoms with Gasteiger partial charge >= 0.3 is 5.97 Å². The summed E-state index contributed by atoms with van der Waals surface area (Å²) in [6.07, 6.45) is 3.31. The van der Waals surface area contributed by atoms with Crippen LogP contribution in [0, 0.1) is 6.92 Å². The number of carbonyl (C=O) groups excluding carboxylic acids is 2. The maximum Gasteiger partial charge on any atom is 0.339 e. The number of hydrogen-bond donors (Lipinski definition) is 1. The van der Waals surface area contributed by atoms with Crippen molar-refractivity contribution in [3.8, 4) is 16.9 Å². The molecule has 1 amide bonds. The van der Waals surface area contributed by atoms with Gasteiger partial charge in [-0.1, -0.05) is 36.4 Å². The van der Waals surface area contributed by atoms with Crippen LogP contribution in [0.3, 0.4) is 0 Å². The van der Waals surface area contributed by atoms with Crippen molar-refractivity contribution < 1.29 is 14.3 Å². The zero-order chi connectivity index (χ0) is 25.9. The Kier molecular flexibility index (Phi) is 6.34. The summed E-state index contributed by atoms with van der Waals surface area (Å²) in [5, 5.41) is 3.20. The first-order valence-electron chi connectivity index (χ1n) is 11.5. The maximum absolute atomic E-state index is 13.1. The van der Waals surface area contributed by atoms with E-state index in [1.54, 1.807) is 73.5 Å². The molecule has 0 fully saturated rings. The number of fused-ring (bicyclic) bond motifs is 1. The van der Waals surface area contributed by atoms with E-state index < -0.39 is 18.5 Å². The molecule has 0 spiro atoms. The molecule has 5 rings (SSSR count). The maximum atomic E-state index is 13.1. The van der Waals surface area contributed by atoms with Crippen LogP contribution in [0.1, 0.15) is 16.1 Å². The highest BCUT2D eigenvalue weighted by atomic mass is 16.5. The second kappa shape index (κ2) is 9.90. The lowest BCUT2D eigenvalue weighted by molar-refractivity contribution is -0.119. The van der Waals surface area contributed by atoms with Crippen LogP contribution in [0.2, 0.25) is 0 Å². The Morgan fingerprint density at radius 2 is 1.76 bits per heavy atom. The van der Waals surface area contributed by atoms with Gasteiger partial charge in [0.05, 0.1) is 28.2 Å². The highest BCUT2D eigenvalue weighted by Gasteiger charge is 2.20. The third kappa shape index (κ3) is 4.62. The normalized spacial score (nSPS) is 10.9. The summed E-state index contributed by atoms with van der Waals surface area (Å²) in [4.78, 5) is 47.5. The number of anilines is 1. The zero-order valence-electron chi connectivity index (χ0n) is 20.2. The molecular formula is C28H23N5O4. The molecule has 184 valence electrons. The molecule has 1 N–H and O–H groups in total. The first kappa shape index (κ1) is 23.7. The van der Waals surface area contributed by atoms with E-state index in [4.69, 9.17) is 4.74 Å². The van der Waals surface area contributed by atoms with Crippen LogP contribution < -0.4 is 10.9 Å². The molecule has 0 saturated carbocycles. The van der Waals surface area contributed by atoms with Gasteiger partial charge in [-0.3, -0.25) is 19.3 Å². The number of esters is 1. The first-order chi connectivity index (χ1) is 17.9. The molecule has 0 bridgehead atoms. The summed E-state index contributed by atoms with van der Waals surface area (Å²) in [6.45, 7) is 1.17. The van der Waals surface area contributed by atoms with Gasteiger partial charge < -0.3 is 10.1 Å². The molecule has 0 saturated heterocycles. The molecule has 5 aromatic rings. The van der Waals surface area contributed by atoms with Crippen LogP contribution in [-0.4, -0.2) is 37.8 Å². The summed E-state index contributed by atoms with van der Waals surface area (Å²) in [7, 11) is 1.73. The van der Waals surface area contributed by atoms with Gasteiger partial charge in [-0.05, 0) is 43.3 Å².